The van der Waals surface area contributed by atoms with Gasteiger partial charge in [-0.1, -0.05) is 12.8 Å². The summed E-state index contributed by atoms with van der Waals surface area (Å²) in [5.41, 5.74) is 7.14. The summed E-state index contributed by atoms with van der Waals surface area (Å²) in [5, 5.41) is 2.94. The van der Waals surface area contributed by atoms with Crippen molar-refractivity contribution in [1.29, 1.82) is 0 Å². The molecule has 1 amide bonds. The first-order chi connectivity index (χ1) is 9.56. The average molecular weight is 340 g/mol. The third-order valence-corrected chi connectivity index (χ3v) is 4.46. The zero-order valence-corrected chi connectivity index (χ0v) is 13.4. The molecule has 1 atom stereocenters. The van der Waals surface area contributed by atoms with Crippen molar-refractivity contribution >= 4 is 33.2 Å². The number of likely N-dealkylation sites (tertiary alicyclic amines) is 1. The largest absolute Gasteiger partial charge is 0.399 e. The molecule has 1 saturated heterocycles. The second-order valence-corrected chi connectivity index (χ2v) is 6.31. The van der Waals surface area contributed by atoms with Gasteiger partial charge in [0.25, 0.3) is 0 Å². The number of nitrogens with zero attached hydrogens (tertiary/aromatic N) is 1. The molecule has 0 saturated carbocycles. The molecule has 0 spiro atoms. The number of benzene rings is 1. The van der Waals surface area contributed by atoms with Crippen molar-refractivity contribution < 1.29 is 4.79 Å². The van der Waals surface area contributed by atoms with Crippen LogP contribution in [0.15, 0.2) is 22.7 Å². The lowest BCUT2D eigenvalue weighted by molar-refractivity contribution is -0.117. The minimum absolute atomic E-state index is 0.0317. The minimum atomic E-state index is 0.0317. The van der Waals surface area contributed by atoms with Crippen LogP contribution in [-0.2, 0) is 4.79 Å². The molecule has 1 heterocycles. The fourth-order valence-electron chi connectivity index (χ4n) is 2.58. The van der Waals surface area contributed by atoms with Crippen molar-refractivity contribution in [1.82, 2.24) is 4.90 Å². The van der Waals surface area contributed by atoms with Gasteiger partial charge in [0.15, 0.2) is 0 Å². The van der Waals surface area contributed by atoms with Crippen LogP contribution >= 0.6 is 15.9 Å². The summed E-state index contributed by atoms with van der Waals surface area (Å²) in [5.74, 6) is 0.0317. The van der Waals surface area contributed by atoms with Crippen LogP contribution in [0.3, 0.4) is 0 Å². The summed E-state index contributed by atoms with van der Waals surface area (Å²) in [4.78, 5) is 14.4. The fourth-order valence-corrected chi connectivity index (χ4v) is 3.07. The Morgan fingerprint density at radius 2 is 2.25 bits per heavy atom. The first-order valence-electron chi connectivity index (χ1n) is 7.15. The molecular formula is C15H22BrN3O. The topological polar surface area (TPSA) is 58.4 Å². The minimum Gasteiger partial charge on any atom is -0.399 e. The molecule has 1 aliphatic rings. The van der Waals surface area contributed by atoms with E-state index in [1.807, 2.05) is 6.07 Å². The molecule has 1 fully saturated rings. The molecule has 0 radical (unpaired) electrons. The second-order valence-electron chi connectivity index (χ2n) is 5.46. The number of anilines is 2. The van der Waals surface area contributed by atoms with Gasteiger partial charge in [-0.3, -0.25) is 9.69 Å². The van der Waals surface area contributed by atoms with Crippen LogP contribution in [0.25, 0.3) is 0 Å². The number of nitrogen functional groups attached to an aromatic ring is 1. The highest BCUT2D eigenvalue weighted by molar-refractivity contribution is 9.10. The first-order valence-corrected chi connectivity index (χ1v) is 7.94. The van der Waals surface area contributed by atoms with Crippen LogP contribution in [0.4, 0.5) is 11.4 Å². The molecule has 20 heavy (non-hydrogen) atoms. The van der Waals surface area contributed by atoms with Gasteiger partial charge in [0.2, 0.25) is 5.91 Å². The van der Waals surface area contributed by atoms with Crippen molar-refractivity contribution in [3.63, 3.8) is 0 Å². The quantitative estimate of drug-likeness (QED) is 0.831. The van der Waals surface area contributed by atoms with Crippen LogP contribution in [0, 0.1) is 0 Å². The number of hydrogen-bond donors (Lipinski definition) is 2. The predicted octanol–water partition coefficient (Wildman–Crippen LogP) is 3.23. The monoisotopic (exact) mass is 339 g/mol. The highest BCUT2D eigenvalue weighted by Gasteiger charge is 2.19. The number of nitrogens with one attached hydrogen (secondary N) is 1. The molecule has 0 bridgehead atoms. The maximum Gasteiger partial charge on any atom is 0.238 e. The normalized spacial score (nSPS) is 20.4. The maximum absolute atomic E-state index is 12.2. The zero-order valence-electron chi connectivity index (χ0n) is 11.9. The summed E-state index contributed by atoms with van der Waals surface area (Å²) in [6, 6.07) is 5.89. The lowest BCUT2D eigenvalue weighted by Crippen LogP contribution is -2.39. The van der Waals surface area contributed by atoms with Crippen LogP contribution in [-0.4, -0.2) is 29.9 Å². The summed E-state index contributed by atoms with van der Waals surface area (Å²) in [6.45, 7) is 3.67. The van der Waals surface area contributed by atoms with Gasteiger partial charge in [-0.2, -0.15) is 0 Å². The van der Waals surface area contributed by atoms with Crippen molar-refractivity contribution in [3.8, 4) is 0 Å². The fraction of sp³-hybridized carbons (Fsp3) is 0.533. The van der Waals surface area contributed by atoms with Gasteiger partial charge >= 0.3 is 0 Å². The van der Waals surface area contributed by atoms with Gasteiger partial charge in [-0.05, 0) is 60.4 Å². The molecule has 1 unspecified atom stereocenters. The molecular weight excluding hydrogens is 318 g/mol. The van der Waals surface area contributed by atoms with Crippen LogP contribution in [0.5, 0.6) is 0 Å². The highest BCUT2D eigenvalue weighted by Crippen LogP contribution is 2.24. The molecule has 3 N–H and O–H groups in total. The van der Waals surface area contributed by atoms with E-state index in [9.17, 15) is 4.79 Å². The summed E-state index contributed by atoms with van der Waals surface area (Å²) < 4.78 is 0.815. The van der Waals surface area contributed by atoms with Crippen LogP contribution in [0.1, 0.15) is 32.6 Å². The molecule has 4 nitrogen and oxygen atoms in total. The maximum atomic E-state index is 12.2. The third-order valence-electron chi connectivity index (χ3n) is 3.80. The Labute approximate surface area is 128 Å². The summed E-state index contributed by atoms with van der Waals surface area (Å²) in [7, 11) is 0. The summed E-state index contributed by atoms with van der Waals surface area (Å²) >= 11 is 3.42. The number of amides is 1. The zero-order chi connectivity index (χ0) is 14.5. The lowest BCUT2D eigenvalue weighted by atomic mass is 10.1. The van der Waals surface area contributed by atoms with E-state index in [4.69, 9.17) is 5.73 Å². The number of nitrogens with two attached hydrogens (primary N) is 1. The summed E-state index contributed by atoms with van der Waals surface area (Å²) in [6.07, 6.45) is 4.90. The number of carbonyl (C=O) groups excluding carboxylic acids is 1. The average Bonchev–Trinajstić information content (AvgIpc) is 2.59. The Morgan fingerprint density at radius 1 is 1.45 bits per heavy atom. The first kappa shape index (κ1) is 15.3. The highest BCUT2D eigenvalue weighted by atomic mass is 79.9. The Kier molecular flexibility index (Phi) is 5.43. The predicted molar refractivity (Wildman–Crippen MR) is 86.7 cm³/mol. The van der Waals surface area contributed by atoms with Gasteiger partial charge in [-0.15, -0.1) is 0 Å². The molecule has 1 aromatic rings. The van der Waals surface area contributed by atoms with E-state index < -0.39 is 0 Å². The Bertz CT molecular complexity index is 478. The lowest BCUT2D eigenvalue weighted by Gasteiger charge is -2.26. The van der Waals surface area contributed by atoms with Crippen molar-refractivity contribution in [2.45, 2.75) is 38.6 Å². The van der Waals surface area contributed by atoms with Crippen LogP contribution in [0.2, 0.25) is 0 Å². The standard InChI is InChI=1S/C15H22BrN3O/c1-11-5-3-2-4-8-19(11)10-15(20)18-14-7-6-12(17)9-13(14)16/h6-7,9,11H,2-5,8,10,17H2,1H3,(H,18,20). The SMILES string of the molecule is CC1CCCCCN1CC(=O)Nc1ccc(N)cc1Br. The van der Waals surface area contributed by atoms with Crippen molar-refractivity contribution in [2.24, 2.45) is 0 Å². The second kappa shape index (κ2) is 7.09. The van der Waals surface area contributed by atoms with Gasteiger partial charge < -0.3 is 11.1 Å². The van der Waals surface area contributed by atoms with Gasteiger partial charge in [-0.25, -0.2) is 0 Å². The number of carbonyl (C=O) groups is 1. The Morgan fingerprint density at radius 3 is 3.00 bits per heavy atom. The van der Waals surface area contributed by atoms with E-state index in [2.05, 4.69) is 33.1 Å². The van der Waals surface area contributed by atoms with Gasteiger partial charge in [0.1, 0.15) is 0 Å². The van der Waals surface area contributed by atoms with E-state index >= 15 is 0 Å². The number of halogens is 1. The van der Waals surface area contributed by atoms with Crippen molar-refractivity contribution in [3.05, 3.63) is 22.7 Å². The molecule has 1 aromatic carbocycles. The van der Waals surface area contributed by atoms with E-state index in [0.29, 0.717) is 18.3 Å². The molecule has 110 valence electrons. The Balaban J connectivity index is 1.94. The number of hydrogen-bond acceptors (Lipinski definition) is 3. The molecule has 1 aliphatic heterocycles. The molecule has 5 heteroatoms. The van der Waals surface area contributed by atoms with E-state index in [1.54, 1.807) is 12.1 Å². The van der Waals surface area contributed by atoms with Gasteiger partial charge in [0.05, 0.1) is 12.2 Å². The van der Waals surface area contributed by atoms with Crippen LogP contribution < -0.4 is 11.1 Å². The van der Waals surface area contributed by atoms with Crippen molar-refractivity contribution in [2.75, 3.05) is 24.1 Å². The number of rotatable bonds is 3. The smallest absolute Gasteiger partial charge is 0.238 e. The molecule has 0 aromatic heterocycles. The Hall–Kier alpha value is -1.07. The van der Waals surface area contributed by atoms with E-state index in [0.717, 1.165) is 16.7 Å². The van der Waals surface area contributed by atoms with Gasteiger partial charge in [0, 0.05) is 16.2 Å². The van der Waals surface area contributed by atoms with E-state index in [-0.39, 0.29) is 5.91 Å². The molecule has 0 aliphatic carbocycles. The third kappa shape index (κ3) is 4.21. The van der Waals surface area contributed by atoms with E-state index in [1.165, 1.54) is 25.7 Å². The molecule has 2 rings (SSSR count).